The molecule has 118 valence electrons. The highest BCUT2D eigenvalue weighted by Gasteiger charge is 2.33. The van der Waals surface area contributed by atoms with Gasteiger partial charge in [0, 0.05) is 0 Å². The lowest BCUT2D eigenvalue weighted by atomic mass is 9.90. The van der Waals surface area contributed by atoms with Crippen LogP contribution >= 0.6 is 0 Å². The van der Waals surface area contributed by atoms with E-state index >= 15 is 0 Å². The summed E-state index contributed by atoms with van der Waals surface area (Å²) in [5.41, 5.74) is 0.725. The zero-order chi connectivity index (χ0) is 15.7. The third-order valence-corrected chi connectivity index (χ3v) is 3.53. The smallest absolute Gasteiger partial charge is 0.316 e. The van der Waals surface area contributed by atoms with E-state index < -0.39 is 29.4 Å². The molecule has 21 heavy (non-hydrogen) atoms. The van der Waals surface area contributed by atoms with Crippen molar-refractivity contribution in [3.05, 3.63) is 35.9 Å². The first-order valence-corrected chi connectivity index (χ1v) is 8.12. The van der Waals surface area contributed by atoms with Gasteiger partial charge in [-0.15, -0.1) is 0 Å². The Hall–Kier alpha value is -1.24. The van der Waals surface area contributed by atoms with Crippen LogP contribution in [0.5, 0.6) is 0 Å². The molecule has 1 N–H and O–H groups in total. The van der Waals surface area contributed by atoms with Gasteiger partial charge >= 0.3 is 17.3 Å². The number of carbonyl (C=O) groups is 1. The van der Waals surface area contributed by atoms with E-state index in [1.807, 2.05) is 25.1 Å². The Bertz CT molecular complexity index is 449. The Kier molecular flexibility index (Phi) is 8.19. The molecular weight excluding hydrogens is 292 g/mol. The summed E-state index contributed by atoms with van der Waals surface area (Å²) in [4.78, 5) is 12.2. The molecular formula is C15H22O5S. The normalized spacial score (nSPS) is 15.2. The zero-order valence-electron chi connectivity index (χ0n) is 12.4. The van der Waals surface area contributed by atoms with Gasteiger partial charge in [-0.3, -0.25) is 13.5 Å². The fourth-order valence-electron chi connectivity index (χ4n) is 2.18. The first-order chi connectivity index (χ1) is 10.1. The zero-order valence-corrected chi connectivity index (χ0v) is 13.2. The molecule has 0 aliphatic heterocycles. The molecule has 5 nitrogen and oxygen atoms in total. The minimum Gasteiger partial charge on any atom is -0.465 e. The van der Waals surface area contributed by atoms with Crippen molar-refractivity contribution in [1.82, 2.24) is 0 Å². The SMILES string of the molecule is CCCCC(OS(=O)O)C(C(=O)OCC)c1ccccc1. The molecule has 0 saturated heterocycles. The molecule has 0 spiro atoms. The molecule has 6 heteroatoms. The summed E-state index contributed by atoms with van der Waals surface area (Å²) >= 11 is -2.42. The molecule has 0 aromatic heterocycles. The van der Waals surface area contributed by atoms with E-state index in [2.05, 4.69) is 0 Å². The van der Waals surface area contributed by atoms with E-state index in [0.717, 1.165) is 18.4 Å². The lowest BCUT2D eigenvalue weighted by Crippen LogP contribution is -2.31. The van der Waals surface area contributed by atoms with Crippen LogP contribution in [0.25, 0.3) is 0 Å². The van der Waals surface area contributed by atoms with Crippen LogP contribution in [0.2, 0.25) is 0 Å². The van der Waals surface area contributed by atoms with Crippen molar-refractivity contribution in [2.24, 2.45) is 0 Å². The second-order valence-electron chi connectivity index (χ2n) is 4.63. The van der Waals surface area contributed by atoms with Gasteiger partial charge in [-0.2, -0.15) is 4.21 Å². The van der Waals surface area contributed by atoms with Gasteiger partial charge in [-0.05, 0) is 18.9 Å². The van der Waals surface area contributed by atoms with E-state index in [9.17, 15) is 9.00 Å². The second kappa shape index (κ2) is 9.65. The quantitative estimate of drug-likeness (QED) is 0.560. The van der Waals surface area contributed by atoms with Crippen LogP contribution in [-0.4, -0.2) is 27.4 Å². The molecule has 0 aliphatic carbocycles. The highest BCUT2D eigenvalue weighted by atomic mass is 32.2. The third kappa shape index (κ3) is 5.95. The first kappa shape index (κ1) is 17.8. The van der Waals surface area contributed by atoms with Gasteiger partial charge in [-0.1, -0.05) is 50.1 Å². The van der Waals surface area contributed by atoms with Crippen molar-refractivity contribution in [3.8, 4) is 0 Å². The molecule has 0 amide bonds. The van der Waals surface area contributed by atoms with Crippen LogP contribution in [0.15, 0.2) is 30.3 Å². The van der Waals surface area contributed by atoms with Crippen LogP contribution in [0.4, 0.5) is 0 Å². The minimum absolute atomic E-state index is 0.255. The van der Waals surface area contributed by atoms with Gasteiger partial charge in [-0.25, -0.2) is 0 Å². The fraction of sp³-hybridized carbons (Fsp3) is 0.533. The molecule has 0 saturated carbocycles. The standard InChI is InChI=1S/C15H22O5S/c1-3-5-11-13(20-21(17)18)14(15(16)19-4-2)12-9-7-6-8-10-12/h6-10,13-14H,3-5,11H2,1-2H3,(H,17,18). The Morgan fingerprint density at radius 3 is 2.48 bits per heavy atom. The fourth-order valence-corrected chi connectivity index (χ4v) is 2.60. The summed E-state index contributed by atoms with van der Waals surface area (Å²) in [5.74, 6) is -1.14. The number of esters is 1. The second-order valence-corrected chi connectivity index (χ2v) is 5.26. The lowest BCUT2D eigenvalue weighted by Gasteiger charge is -2.24. The molecule has 3 unspecified atom stereocenters. The number of carbonyl (C=O) groups excluding carboxylic acids is 1. The molecule has 0 aliphatic rings. The van der Waals surface area contributed by atoms with E-state index in [-0.39, 0.29) is 6.61 Å². The summed E-state index contributed by atoms with van der Waals surface area (Å²) in [7, 11) is 0. The maximum atomic E-state index is 12.2. The summed E-state index contributed by atoms with van der Waals surface area (Å²) in [6.45, 7) is 3.99. The number of benzene rings is 1. The summed E-state index contributed by atoms with van der Waals surface area (Å²) < 4.78 is 30.2. The summed E-state index contributed by atoms with van der Waals surface area (Å²) in [6.07, 6.45) is 1.53. The van der Waals surface area contributed by atoms with E-state index in [1.165, 1.54) is 0 Å². The Morgan fingerprint density at radius 1 is 1.29 bits per heavy atom. The van der Waals surface area contributed by atoms with Gasteiger partial charge in [0.15, 0.2) is 0 Å². The topological polar surface area (TPSA) is 72.8 Å². The summed E-state index contributed by atoms with van der Waals surface area (Å²) in [6, 6.07) is 9.06. The summed E-state index contributed by atoms with van der Waals surface area (Å²) in [5, 5.41) is 0. The van der Waals surface area contributed by atoms with Gasteiger partial charge < -0.3 is 4.74 Å². The van der Waals surface area contributed by atoms with Gasteiger partial charge in [0.25, 0.3) is 0 Å². The van der Waals surface area contributed by atoms with E-state index in [0.29, 0.717) is 6.42 Å². The van der Waals surface area contributed by atoms with Crippen molar-refractivity contribution in [1.29, 1.82) is 0 Å². The molecule has 1 rings (SSSR count). The highest BCUT2D eigenvalue weighted by molar-refractivity contribution is 7.74. The largest absolute Gasteiger partial charge is 0.465 e. The Labute approximate surface area is 128 Å². The average molecular weight is 314 g/mol. The molecule has 0 radical (unpaired) electrons. The third-order valence-electron chi connectivity index (χ3n) is 3.12. The Balaban J connectivity index is 3.05. The highest BCUT2D eigenvalue weighted by Crippen LogP contribution is 2.27. The van der Waals surface area contributed by atoms with Crippen LogP contribution < -0.4 is 0 Å². The van der Waals surface area contributed by atoms with Crippen LogP contribution in [-0.2, 0) is 25.1 Å². The first-order valence-electron chi connectivity index (χ1n) is 7.09. The van der Waals surface area contributed by atoms with Crippen LogP contribution in [0.1, 0.15) is 44.6 Å². The lowest BCUT2D eigenvalue weighted by molar-refractivity contribution is -0.147. The Morgan fingerprint density at radius 2 is 1.95 bits per heavy atom. The number of ether oxygens (including phenoxy) is 1. The predicted octanol–water partition coefficient (Wildman–Crippen LogP) is 3.05. The van der Waals surface area contributed by atoms with Crippen molar-refractivity contribution in [2.75, 3.05) is 6.61 Å². The van der Waals surface area contributed by atoms with E-state index in [1.54, 1.807) is 19.1 Å². The maximum Gasteiger partial charge on any atom is 0.316 e. The van der Waals surface area contributed by atoms with E-state index in [4.69, 9.17) is 13.5 Å². The van der Waals surface area contributed by atoms with Gasteiger partial charge in [0.1, 0.15) is 5.92 Å². The average Bonchev–Trinajstić information content (AvgIpc) is 2.45. The minimum atomic E-state index is -2.42. The number of rotatable bonds is 9. The van der Waals surface area contributed by atoms with Crippen LogP contribution in [0.3, 0.4) is 0 Å². The van der Waals surface area contributed by atoms with Gasteiger partial charge in [0.05, 0.1) is 12.7 Å². The number of unbranched alkanes of at least 4 members (excludes halogenated alkanes) is 1. The van der Waals surface area contributed by atoms with Crippen molar-refractivity contribution >= 4 is 17.3 Å². The molecule has 1 aromatic carbocycles. The van der Waals surface area contributed by atoms with Crippen molar-refractivity contribution < 1.29 is 22.5 Å². The molecule has 3 atom stereocenters. The molecule has 0 bridgehead atoms. The van der Waals surface area contributed by atoms with Crippen LogP contribution in [0, 0.1) is 0 Å². The number of hydrogen-bond donors (Lipinski definition) is 1. The predicted molar refractivity (Wildman–Crippen MR) is 81.0 cm³/mol. The molecule has 0 fully saturated rings. The number of hydrogen-bond acceptors (Lipinski definition) is 4. The molecule has 1 aromatic rings. The van der Waals surface area contributed by atoms with Crippen molar-refractivity contribution in [2.45, 2.75) is 45.1 Å². The van der Waals surface area contributed by atoms with Crippen molar-refractivity contribution in [3.63, 3.8) is 0 Å². The molecule has 0 heterocycles. The monoisotopic (exact) mass is 314 g/mol. The maximum absolute atomic E-state index is 12.2. The van der Waals surface area contributed by atoms with Gasteiger partial charge in [0.2, 0.25) is 0 Å².